The van der Waals surface area contributed by atoms with Crippen LogP contribution in [0.4, 0.5) is 0 Å². The summed E-state index contributed by atoms with van der Waals surface area (Å²) in [6, 6.07) is 4.23. The van der Waals surface area contributed by atoms with Crippen LogP contribution >= 0.6 is 7.77 Å². The molecule has 0 saturated heterocycles. The first-order valence-corrected chi connectivity index (χ1v) is 7.78. The van der Waals surface area contributed by atoms with Gasteiger partial charge in [0.2, 0.25) is 0 Å². The second kappa shape index (κ2) is 6.21. The van der Waals surface area contributed by atoms with Crippen molar-refractivity contribution in [1.82, 2.24) is 0 Å². The topological polar surface area (TPSA) is 63.5 Å². The molecule has 1 fully saturated rings. The van der Waals surface area contributed by atoms with E-state index in [1.165, 1.54) is 37.5 Å². The molecule has 2 N–H and O–H groups in total. The van der Waals surface area contributed by atoms with Gasteiger partial charge in [-0.2, -0.15) is 0 Å². The lowest BCUT2D eigenvalue weighted by Crippen LogP contribution is -2.14. The van der Waals surface area contributed by atoms with Crippen LogP contribution in [0.2, 0.25) is 0 Å². The molecule has 4 heteroatoms. The van der Waals surface area contributed by atoms with E-state index in [-0.39, 0.29) is 11.5 Å². The van der Waals surface area contributed by atoms with Crippen LogP contribution in [0.1, 0.15) is 44.9 Å². The number of phenols is 2. The minimum atomic E-state index is -1.70. The van der Waals surface area contributed by atoms with Crippen molar-refractivity contribution in [1.29, 1.82) is 0 Å². The van der Waals surface area contributed by atoms with E-state index >= 15 is 0 Å². The molecule has 1 aliphatic carbocycles. The van der Waals surface area contributed by atoms with Gasteiger partial charge in [-0.25, -0.2) is 0 Å². The zero-order chi connectivity index (χ0) is 13.0. The molecule has 0 amide bonds. The summed E-state index contributed by atoms with van der Waals surface area (Å²) in [4.78, 5) is 12.5. The highest BCUT2D eigenvalue weighted by Crippen LogP contribution is 2.29. The highest BCUT2D eigenvalue weighted by Gasteiger charge is 2.18. The van der Waals surface area contributed by atoms with Gasteiger partial charge in [-0.3, -0.25) is 0 Å². The highest BCUT2D eigenvalue weighted by molar-refractivity contribution is 7.60. The first-order chi connectivity index (χ1) is 8.68. The maximum absolute atomic E-state index is 12.5. The zero-order valence-electron chi connectivity index (χ0n) is 10.4. The summed E-state index contributed by atoms with van der Waals surface area (Å²) in [6.07, 6.45) is 7.57. The normalized spacial score (nSPS) is 18.1. The van der Waals surface area contributed by atoms with Crippen LogP contribution in [0, 0.1) is 0 Å². The average molecular weight is 266 g/mol. The Bertz CT molecular complexity index is 444. The van der Waals surface area contributed by atoms with E-state index < -0.39 is 7.77 Å². The second-order valence-corrected chi connectivity index (χ2v) is 6.50. The molecule has 2 rings (SSSR count). The third kappa shape index (κ3) is 3.24. The van der Waals surface area contributed by atoms with Gasteiger partial charge < -0.3 is 15.1 Å². The van der Waals surface area contributed by atoms with Gasteiger partial charge in [-0.1, -0.05) is 19.3 Å². The molecule has 1 aliphatic rings. The number of rotatable bonds is 1. The number of hydrogen-bond donors (Lipinski definition) is 2. The minimum absolute atomic E-state index is 0.0171. The molecule has 3 nitrogen and oxygen atoms in total. The molecule has 0 aliphatic heterocycles. The van der Waals surface area contributed by atoms with Crippen LogP contribution in [-0.2, 0) is 0 Å². The lowest BCUT2D eigenvalue weighted by Gasteiger charge is -2.12. The van der Waals surface area contributed by atoms with E-state index in [1.54, 1.807) is 0 Å². The zero-order valence-corrected chi connectivity index (χ0v) is 11.3. The Kier molecular flexibility index (Phi) is 4.62. The summed E-state index contributed by atoms with van der Waals surface area (Å²) in [6.45, 7) is 0. The fourth-order valence-electron chi connectivity index (χ4n) is 2.36. The van der Waals surface area contributed by atoms with Crippen LogP contribution < -0.4 is 10.2 Å². The van der Waals surface area contributed by atoms with Crippen molar-refractivity contribution in [3.8, 4) is 11.5 Å². The molecule has 1 atom stereocenters. The highest BCUT2D eigenvalue weighted by atomic mass is 31.1. The van der Waals surface area contributed by atoms with Gasteiger partial charge in [0.1, 0.15) is 5.75 Å². The Morgan fingerprint density at radius 3 is 2.22 bits per heavy atom. The maximum atomic E-state index is 12.5. The van der Waals surface area contributed by atoms with E-state index in [1.807, 2.05) is 0 Å². The van der Waals surface area contributed by atoms with Crippen LogP contribution in [0.15, 0.2) is 18.2 Å². The summed E-state index contributed by atoms with van der Waals surface area (Å²) < 4.78 is 0. The van der Waals surface area contributed by atoms with Crippen molar-refractivity contribution in [3.05, 3.63) is 18.2 Å². The van der Waals surface area contributed by atoms with E-state index in [0.29, 0.717) is 5.30 Å². The number of hydrogen-bond acceptors (Lipinski definition) is 3. The van der Waals surface area contributed by atoms with E-state index in [2.05, 4.69) is 0 Å². The molecule has 0 radical (unpaired) electrons. The molecule has 0 aromatic heterocycles. The van der Waals surface area contributed by atoms with Crippen LogP contribution in [0.5, 0.6) is 11.5 Å². The summed E-state index contributed by atoms with van der Waals surface area (Å²) >= 11 is 0. The van der Waals surface area contributed by atoms with Gasteiger partial charge in [0.25, 0.3) is 0 Å². The van der Waals surface area contributed by atoms with E-state index in [0.717, 1.165) is 31.0 Å². The van der Waals surface area contributed by atoms with Gasteiger partial charge in [0.05, 0.1) is 13.1 Å². The number of benzene rings is 1. The lowest BCUT2D eigenvalue weighted by atomic mass is 10.0. The average Bonchev–Trinajstić information content (AvgIpc) is 2.31. The molecular weight excluding hydrogens is 247 g/mol. The molecule has 1 unspecified atom stereocenters. The Morgan fingerprint density at radius 2 is 1.56 bits per heavy atom. The summed E-state index contributed by atoms with van der Waals surface area (Å²) in [5, 5.41) is 20.6. The monoisotopic (exact) mass is 266 g/mol. The standard InChI is InChI=1S/C14H19O3P/c15-11-8-9-13(16)14(10-11)18(17)12-6-4-2-1-3-5-7-12/h8-10,15-16H,1-7H2. The first kappa shape index (κ1) is 13.4. The van der Waals surface area contributed by atoms with Crippen molar-refractivity contribution in [2.45, 2.75) is 44.9 Å². The number of aromatic hydroxyl groups is 2. The molecular formula is C14H19O3P. The molecule has 0 bridgehead atoms. The van der Waals surface area contributed by atoms with Gasteiger partial charge in [0, 0.05) is 18.9 Å². The largest absolute Gasteiger partial charge is 0.626 e. The molecule has 98 valence electrons. The third-order valence-corrected chi connectivity index (χ3v) is 5.21. The number of phenolic OH excluding ortho intramolecular Hbond substituents is 2. The van der Waals surface area contributed by atoms with Crippen molar-refractivity contribution >= 4 is 18.4 Å². The summed E-state index contributed by atoms with van der Waals surface area (Å²) in [5.74, 6) is 0.0704. The smallest absolute Gasteiger partial charge is 0.190 e. The molecule has 1 aromatic carbocycles. The maximum Gasteiger partial charge on any atom is 0.190 e. The van der Waals surface area contributed by atoms with Crippen molar-refractivity contribution in [3.63, 3.8) is 0 Å². The summed E-state index contributed by atoms with van der Waals surface area (Å²) in [7, 11) is -1.70. The Hall–Kier alpha value is -1.05. The van der Waals surface area contributed by atoms with Gasteiger partial charge in [-0.15, -0.1) is 0 Å². The van der Waals surface area contributed by atoms with Crippen LogP contribution in [0.25, 0.3) is 0 Å². The molecule has 0 spiro atoms. The Labute approximate surface area is 109 Å². The van der Waals surface area contributed by atoms with Gasteiger partial charge in [0.15, 0.2) is 11.1 Å². The van der Waals surface area contributed by atoms with Gasteiger partial charge in [-0.05, 0) is 25.0 Å². The Balaban J connectivity index is 2.31. The van der Waals surface area contributed by atoms with Crippen molar-refractivity contribution in [2.75, 3.05) is 0 Å². The molecule has 1 saturated carbocycles. The van der Waals surface area contributed by atoms with Crippen molar-refractivity contribution in [2.24, 2.45) is 0 Å². The van der Waals surface area contributed by atoms with Crippen LogP contribution in [0.3, 0.4) is 0 Å². The van der Waals surface area contributed by atoms with Crippen LogP contribution in [-0.4, -0.2) is 15.5 Å². The fourth-order valence-corrected chi connectivity index (χ4v) is 3.96. The lowest BCUT2D eigenvalue weighted by molar-refractivity contribution is -0.150. The van der Waals surface area contributed by atoms with Gasteiger partial charge >= 0.3 is 0 Å². The Morgan fingerprint density at radius 1 is 0.944 bits per heavy atom. The predicted molar refractivity (Wildman–Crippen MR) is 73.7 cm³/mol. The minimum Gasteiger partial charge on any atom is -0.626 e. The molecule has 1 aromatic rings. The predicted octanol–water partition coefficient (Wildman–Crippen LogP) is 2.40. The first-order valence-electron chi connectivity index (χ1n) is 6.52. The summed E-state index contributed by atoms with van der Waals surface area (Å²) in [5.41, 5.74) is 0. The third-order valence-electron chi connectivity index (χ3n) is 3.40. The fraction of sp³-hybridized carbons (Fsp3) is 0.500. The molecule has 18 heavy (non-hydrogen) atoms. The molecule has 0 heterocycles. The SMILES string of the molecule is [O-][P+](=C1CCCCCCC1)c1cc(O)ccc1O. The van der Waals surface area contributed by atoms with E-state index in [9.17, 15) is 15.1 Å². The van der Waals surface area contributed by atoms with Crippen molar-refractivity contribution < 1.29 is 15.1 Å². The van der Waals surface area contributed by atoms with E-state index in [4.69, 9.17) is 0 Å². The quantitative estimate of drug-likeness (QED) is 0.606. The second-order valence-electron chi connectivity index (χ2n) is 4.80.